The summed E-state index contributed by atoms with van der Waals surface area (Å²) in [6.07, 6.45) is 4.90. The van der Waals surface area contributed by atoms with Gasteiger partial charge in [-0.15, -0.1) is 0 Å². The van der Waals surface area contributed by atoms with E-state index in [2.05, 4.69) is 47.6 Å². The van der Waals surface area contributed by atoms with Crippen molar-refractivity contribution < 1.29 is 38.1 Å². The third kappa shape index (κ3) is 10.6. The van der Waals surface area contributed by atoms with Gasteiger partial charge < -0.3 is 23.7 Å². The number of rotatable bonds is 15. The molecule has 0 saturated heterocycles. The van der Waals surface area contributed by atoms with Crippen molar-refractivity contribution in [3.05, 3.63) is 58.7 Å². The summed E-state index contributed by atoms with van der Waals surface area (Å²) in [6.45, 7) is 25.4. The van der Waals surface area contributed by atoms with Gasteiger partial charge in [0.1, 0.15) is 17.2 Å². The minimum absolute atomic E-state index is 0.224. The SMILES string of the molecule is CCOc1c(C(C)(C)CC)cc(C(C)(C)CC)c(OCOC(=O)C(C)(C)C)c1/C=C/C(=O)c1ccc(OCOC(=O)C(C)(C)C)cc1. The Morgan fingerprint density at radius 3 is 1.51 bits per heavy atom. The zero-order valence-electron chi connectivity index (χ0n) is 30.8. The summed E-state index contributed by atoms with van der Waals surface area (Å²) in [5.41, 5.74) is 1.13. The van der Waals surface area contributed by atoms with Crippen LogP contribution in [0.5, 0.6) is 17.2 Å². The van der Waals surface area contributed by atoms with Crippen LogP contribution in [0, 0.1) is 10.8 Å². The van der Waals surface area contributed by atoms with Gasteiger partial charge in [-0.05, 0) is 115 Å². The van der Waals surface area contributed by atoms with E-state index in [0.717, 1.165) is 24.0 Å². The minimum atomic E-state index is -0.688. The van der Waals surface area contributed by atoms with Crippen molar-refractivity contribution in [1.29, 1.82) is 0 Å². The summed E-state index contributed by atoms with van der Waals surface area (Å²) in [6, 6.07) is 8.77. The summed E-state index contributed by atoms with van der Waals surface area (Å²) in [7, 11) is 0. The molecule has 0 atom stereocenters. The van der Waals surface area contributed by atoms with Crippen molar-refractivity contribution in [3.63, 3.8) is 0 Å². The number of benzene rings is 2. The molecule has 0 heterocycles. The molecule has 0 aliphatic rings. The van der Waals surface area contributed by atoms with Gasteiger partial charge in [-0.2, -0.15) is 0 Å². The Labute approximate surface area is 282 Å². The molecule has 2 rings (SSSR count). The van der Waals surface area contributed by atoms with Crippen molar-refractivity contribution >= 4 is 23.8 Å². The zero-order valence-corrected chi connectivity index (χ0v) is 30.8. The molecule has 8 heteroatoms. The van der Waals surface area contributed by atoms with E-state index >= 15 is 0 Å². The molecule has 0 bridgehead atoms. The summed E-state index contributed by atoms with van der Waals surface area (Å²) in [5, 5.41) is 0. The highest BCUT2D eigenvalue weighted by Gasteiger charge is 2.33. The minimum Gasteiger partial charge on any atom is -0.493 e. The predicted octanol–water partition coefficient (Wildman–Crippen LogP) is 9.21. The Hall–Kier alpha value is -3.81. The monoisotopic (exact) mass is 652 g/mol. The number of carbonyl (C=O) groups is 3. The summed E-state index contributed by atoms with van der Waals surface area (Å²) in [5.74, 6) is 0.620. The molecule has 0 spiro atoms. The molecule has 47 heavy (non-hydrogen) atoms. The highest BCUT2D eigenvalue weighted by molar-refractivity contribution is 6.07. The Balaban J connectivity index is 2.59. The van der Waals surface area contributed by atoms with Crippen LogP contribution in [0.25, 0.3) is 6.08 Å². The standard InChI is InChI=1S/C39H56O8/c1-14-38(10,11)29-23-30(39(12,13)15-2)33(45-25-47-35(42)37(7,8)9)28(32(29)43-16-3)21-22-31(40)26-17-19-27(20-18-26)44-24-46-34(41)36(4,5)6/h17-23H,14-16,24-25H2,1-13H3/b22-21+. The van der Waals surface area contributed by atoms with Crippen molar-refractivity contribution in [3.8, 4) is 17.2 Å². The van der Waals surface area contributed by atoms with E-state index in [9.17, 15) is 14.4 Å². The second-order valence-electron chi connectivity index (χ2n) is 15.1. The largest absolute Gasteiger partial charge is 0.493 e. The summed E-state index contributed by atoms with van der Waals surface area (Å²) < 4.78 is 28.8. The van der Waals surface area contributed by atoms with Gasteiger partial charge in [0.2, 0.25) is 13.6 Å². The molecular formula is C39H56O8. The first-order chi connectivity index (χ1) is 21.7. The molecule has 0 unspecified atom stereocenters. The predicted molar refractivity (Wildman–Crippen MR) is 186 cm³/mol. The van der Waals surface area contributed by atoms with E-state index in [1.165, 1.54) is 6.08 Å². The smallest absolute Gasteiger partial charge is 0.314 e. The van der Waals surface area contributed by atoms with Crippen molar-refractivity contribution in [2.24, 2.45) is 10.8 Å². The van der Waals surface area contributed by atoms with Crippen molar-refractivity contribution in [2.75, 3.05) is 20.2 Å². The first kappa shape index (κ1) is 39.4. The average molecular weight is 653 g/mol. The second-order valence-corrected chi connectivity index (χ2v) is 15.1. The molecule has 2 aromatic rings. The fourth-order valence-electron chi connectivity index (χ4n) is 4.36. The van der Waals surface area contributed by atoms with Crippen LogP contribution in [-0.4, -0.2) is 37.9 Å². The maximum atomic E-state index is 13.5. The van der Waals surface area contributed by atoms with Gasteiger partial charge in [0.15, 0.2) is 5.78 Å². The second kappa shape index (κ2) is 15.9. The van der Waals surface area contributed by atoms with Gasteiger partial charge in [-0.3, -0.25) is 14.4 Å². The molecule has 8 nitrogen and oxygen atoms in total. The Morgan fingerprint density at radius 1 is 0.638 bits per heavy atom. The van der Waals surface area contributed by atoms with Crippen LogP contribution in [0.4, 0.5) is 0 Å². The lowest BCUT2D eigenvalue weighted by molar-refractivity contribution is -0.160. The molecule has 0 aliphatic carbocycles. The summed E-state index contributed by atoms with van der Waals surface area (Å²) in [4.78, 5) is 38.0. The maximum absolute atomic E-state index is 13.5. The summed E-state index contributed by atoms with van der Waals surface area (Å²) >= 11 is 0. The lowest BCUT2D eigenvalue weighted by Crippen LogP contribution is -2.26. The van der Waals surface area contributed by atoms with E-state index in [4.69, 9.17) is 23.7 Å². The Kier molecular flexibility index (Phi) is 13.3. The first-order valence-corrected chi connectivity index (χ1v) is 16.5. The number of allylic oxidation sites excluding steroid dienone is 1. The molecule has 0 saturated carbocycles. The fraction of sp³-hybridized carbons (Fsp3) is 0.564. The van der Waals surface area contributed by atoms with Gasteiger partial charge in [0.25, 0.3) is 0 Å². The highest BCUT2D eigenvalue weighted by Crippen LogP contribution is 2.47. The van der Waals surface area contributed by atoms with Crippen LogP contribution >= 0.6 is 0 Å². The van der Waals surface area contributed by atoms with Gasteiger partial charge in [0, 0.05) is 16.7 Å². The quantitative estimate of drug-likeness (QED) is 0.0813. The normalized spacial score (nSPS) is 12.5. The molecule has 2 aromatic carbocycles. The van der Waals surface area contributed by atoms with E-state index < -0.39 is 10.8 Å². The van der Waals surface area contributed by atoms with E-state index in [1.54, 1.807) is 71.9 Å². The van der Waals surface area contributed by atoms with Crippen LogP contribution in [0.1, 0.15) is 130 Å². The van der Waals surface area contributed by atoms with Crippen molar-refractivity contribution in [2.45, 2.75) is 114 Å². The van der Waals surface area contributed by atoms with Gasteiger partial charge in [-0.1, -0.05) is 41.5 Å². The Morgan fingerprint density at radius 2 is 1.09 bits per heavy atom. The van der Waals surface area contributed by atoms with Crippen LogP contribution < -0.4 is 14.2 Å². The zero-order chi connectivity index (χ0) is 35.8. The van der Waals surface area contributed by atoms with Crippen LogP contribution in [0.15, 0.2) is 36.4 Å². The van der Waals surface area contributed by atoms with E-state index in [-0.39, 0.29) is 42.1 Å². The molecule has 0 aliphatic heterocycles. The molecule has 0 radical (unpaired) electrons. The van der Waals surface area contributed by atoms with Crippen LogP contribution in [0.3, 0.4) is 0 Å². The number of ketones is 1. The lowest BCUT2D eigenvalue weighted by Gasteiger charge is -2.33. The average Bonchev–Trinajstić information content (AvgIpc) is 2.99. The van der Waals surface area contributed by atoms with Crippen LogP contribution in [-0.2, 0) is 29.9 Å². The number of carbonyl (C=O) groups excluding carboxylic acids is 3. The van der Waals surface area contributed by atoms with Gasteiger partial charge in [-0.25, -0.2) is 0 Å². The topological polar surface area (TPSA) is 97.4 Å². The molecule has 0 aromatic heterocycles. The molecule has 0 N–H and O–H groups in total. The fourth-order valence-corrected chi connectivity index (χ4v) is 4.36. The lowest BCUT2D eigenvalue weighted by atomic mass is 9.74. The van der Waals surface area contributed by atoms with Crippen LogP contribution in [0.2, 0.25) is 0 Å². The number of esters is 2. The number of hydrogen-bond acceptors (Lipinski definition) is 8. The number of hydrogen-bond donors (Lipinski definition) is 0. The third-order valence-electron chi connectivity index (χ3n) is 8.36. The molecule has 260 valence electrons. The van der Waals surface area contributed by atoms with Gasteiger partial charge in [0.05, 0.1) is 23.0 Å². The first-order valence-electron chi connectivity index (χ1n) is 16.5. The number of ether oxygens (including phenoxy) is 5. The van der Waals surface area contributed by atoms with E-state index in [1.807, 2.05) is 6.92 Å². The molecule has 0 amide bonds. The Bertz CT molecular complexity index is 1420. The molecular weight excluding hydrogens is 596 g/mol. The third-order valence-corrected chi connectivity index (χ3v) is 8.36. The highest BCUT2D eigenvalue weighted by atomic mass is 16.7. The molecule has 0 fully saturated rings. The van der Waals surface area contributed by atoms with Gasteiger partial charge >= 0.3 is 11.9 Å². The van der Waals surface area contributed by atoms with E-state index in [0.29, 0.717) is 35.0 Å². The van der Waals surface area contributed by atoms with Crippen molar-refractivity contribution in [1.82, 2.24) is 0 Å². The maximum Gasteiger partial charge on any atom is 0.314 e.